The third-order valence-electron chi connectivity index (χ3n) is 2.71. The number of hydrogen-bond donors (Lipinski definition) is 1. The first-order valence-corrected chi connectivity index (χ1v) is 6.75. The predicted octanol–water partition coefficient (Wildman–Crippen LogP) is 4.04. The second-order valence-electron chi connectivity index (χ2n) is 4.14. The van der Waals surface area contributed by atoms with Gasteiger partial charge in [0.2, 0.25) is 0 Å². The molecule has 106 valence electrons. The molecule has 1 atom stereocenters. The molecule has 1 unspecified atom stereocenters. The van der Waals surface area contributed by atoms with Crippen molar-refractivity contribution < 1.29 is 17.6 Å². The number of benzene rings is 2. The molecule has 1 nitrogen and oxygen atoms in total. The summed E-state index contributed by atoms with van der Waals surface area (Å²) in [6.07, 6.45) is 0. The molecule has 0 heterocycles. The quantitative estimate of drug-likeness (QED) is 0.524. The summed E-state index contributed by atoms with van der Waals surface area (Å²) in [6, 6.07) is 6.90. The normalized spacial score (nSPS) is 12.4. The number of nitrogens with two attached hydrogens (primary N) is 1. The van der Waals surface area contributed by atoms with Crippen molar-refractivity contribution in [3.8, 4) is 0 Å². The molecule has 0 saturated carbocycles. The summed E-state index contributed by atoms with van der Waals surface area (Å²) in [5, 5.41) is 0. The molecule has 2 aromatic rings. The van der Waals surface area contributed by atoms with Crippen molar-refractivity contribution in [2.24, 2.45) is 5.73 Å². The number of halogens is 4. The first-order valence-electron chi connectivity index (χ1n) is 5.76. The van der Waals surface area contributed by atoms with Crippen LogP contribution in [-0.4, -0.2) is 5.75 Å². The Bertz CT molecular complexity index is 601. The molecule has 0 bridgehead atoms. The van der Waals surface area contributed by atoms with Crippen LogP contribution in [0.5, 0.6) is 0 Å². The Labute approximate surface area is 117 Å². The Morgan fingerprint density at radius 1 is 0.900 bits per heavy atom. The average molecular weight is 301 g/mol. The van der Waals surface area contributed by atoms with Crippen LogP contribution in [0.2, 0.25) is 0 Å². The molecule has 0 saturated heterocycles. The maximum absolute atomic E-state index is 13.5. The van der Waals surface area contributed by atoms with Gasteiger partial charge in [-0.25, -0.2) is 17.6 Å². The highest BCUT2D eigenvalue weighted by Gasteiger charge is 2.18. The Balaban J connectivity index is 2.07. The second-order valence-corrected chi connectivity index (χ2v) is 5.23. The van der Waals surface area contributed by atoms with Crippen LogP contribution in [0.4, 0.5) is 17.6 Å². The highest BCUT2D eigenvalue weighted by atomic mass is 32.2. The van der Waals surface area contributed by atoms with E-state index in [4.69, 9.17) is 5.73 Å². The molecule has 0 aliphatic rings. The van der Waals surface area contributed by atoms with Crippen molar-refractivity contribution in [2.45, 2.75) is 10.9 Å². The zero-order valence-electron chi connectivity index (χ0n) is 10.2. The zero-order valence-corrected chi connectivity index (χ0v) is 11.1. The molecule has 0 aliphatic carbocycles. The Hall–Kier alpha value is -1.53. The van der Waals surface area contributed by atoms with Gasteiger partial charge in [-0.15, -0.1) is 11.8 Å². The summed E-state index contributed by atoms with van der Waals surface area (Å²) in [4.78, 5) is 0.754. The van der Waals surface area contributed by atoms with Crippen LogP contribution >= 0.6 is 11.8 Å². The van der Waals surface area contributed by atoms with Crippen LogP contribution in [-0.2, 0) is 0 Å². The van der Waals surface area contributed by atoms with Crippen LogP contribution in [0.25, 0.3) is 0 Å². The van der Waals surface area contributed by atoms with Crippen molar-refractivity contribution in [1.29, 1.82) is 0 Å². The Kier molecular flexibility index (Phi) is 4.67. The predicted molar refractivity (Wildman–Crippen MR) is 70.4 cm³/mol. The van der Waals surface area contributed by atoms with Crippen LogP contribution in [0.1, 0.15) is 11.6 Å². The first-order chi connectivity index (χ1) is 9.49. The first kappa shape index (κ1) is 14.9. The molecule has 0 radical (unpaired) electrons. The van der Waals surface area contributed by atoms with Gasteiger partial charge in [-0.1, -0.05) is 6.07 Å². The molecule has 2 N–H and O–H groups in total. The SMILES string of the molecule is NC(CSc1ccc(F)cc1)c1ccc(F)c(F)c1F. The van der Waals surface area contributed by atoms with Gasteiger partial charge in [0, 0.05) is 22.3 Å². The number of rotatable bonds is 4. The minimum atomic E-state index is -1.52. The second kappa shape index (κ2) is 6.28. The molecular weight excluding hydrogens is 290 g/mol. The maximum atomic E-state index is 13.5. The van der Waals surface area contributed by atoms with Crippen LogP contribution < -0.4 is 5.73 Å². The van der Waals surface area contributed by atoms with E-state index in [1.807, 2.05) is 0 Å². The highest BCUT2D eigenvalue weighted by molar-refractivity contribution is 7.99. The van der Waals surface area contributed by atoms with Gasteiger partial charge in [0.25, 0.3) is 0 Å². The zero-order chi connectivity index (χ0) is 14.7. The van der Waals surface area contributed by atoms with Crippen molar-refractivity contribution in [3.05, 3.63) is 65.2 Å². The monoisotopic (exact) mass is 301 g/mol. The highest BCUT2D eigenvalue weighted by Crippen LogP contribution is 2.26. The summed E-state index contributed by atoms with van der Waals surface area (Å²) in [5.74, 6) is -4.13. The molecule has 20 heavy (non-hydrogen) atoms. The summed E-state index contributed by atoms with van der Waals surface area (Å²) in [6.45, 7) is 0. The summed E-state index contributed by atoms with van der Waals surface area (Å²) in [5.41, 5.74) is 5.68. The molecule has 2 aromatic carbocycles. The third kappa shape index (κ3) is 3.32. The summed E-state index contributed by atoms with van der Waals surface area (Å²) < 4.78 is 52.2. The van der Waals surface area contributed by atoms with Crippen molar-refractivity contribution in [1.82, 2.24) is 0 Å². The fraction of sp³-hybridized carbons (Fsp3) is 0.143. The molecule has 0 aromatic heterocycles. The molecule has 0 spiro atoms. The lowest BCUT2D eigenvalue weighted by Gasteiger charge is -2.13. The standard InChI is InChI=1S/C14H11F4NS/c15-8-1-3-9(4-2-8)20-7-12(19)10-5-6-11(16)14(18)13(10)17/h1-6,12H,7,19H2. The lowest BCUT2D eigenvalue weighted by molar-refractivity contribution is 0.437. The van der Waals surface area contributed by atoms with E-state index in [9.17, 15) is 17.6 Å². The van der Waals surface area contributed by atoms with Crippen molar-refractivity contribution >= 4 is 11.8 Å². The van der Waals surface area contributed by atoms with E-state index in [1.54, 1.807) is 12.1 Å². The van der Waals surface area contributed by atoms with E-state index in [2.05, 4.69) is 0 Å². The molecule has 6 heteroatoms. The van der Waals surface area contributed by atoms with Gasteiger partial charge in [0.05, 0.1) is 0 Å². The average Bonchev–Trinajstić information content (AvgIpc) is 2.44. The van der Waals surface area contributed by atoms with Gasteiger partial charge in [-0.2, -0.15) is 0 Å². The topological polar surface area (TPSA) is 26.0 Å². The Morgan fingerprint density at radius 3 is 2.20 bits per heavy atom. The van der Waals surface area contributed by atoms with Gasteiger partial charge in [0.1, 0.15) is 5.82 Å². The van der Waals surface area contributed by atoms with Crippen LogP contribution in [0.3, 0.4) is 0 Å². The molecule has 0 amide bonds. The lowest BCUT2D eigenvalue weighted by atomic mass is 10.1. The van der Waals surface area contributed by atoms with Crippen molar-refractivity contribution in [3.63, 3.8) is 0 Å². The largest absolute Gasteiger partial charge is 0.323 e. The fourth-order valence-electron chi connectivity index (χ4n) is 1.63. The fourth-order valence-corrected chi connectivity index (χ4v) is 2.51. The van der Waals surface area contributed by atoms with Crippen molar-refractivity contribution in [2.75, 3.05) is 5.75 Å². The van der Waals surface area contributed by atoms with E-state index in [0.29, 0.717) is 0 Å². The molecule has 0 aliphatic heterocycles. The third-order valence-corrected chi connectivity index (χ3v) is 3.84. The van der Waals surface area contributed by atoms with E-state index in [0.717, 1.165) is 17.0 Å². The number of hydrogen-bond acceptors (Lipinski definition) is 2. The van der Waals surface area contributed by atoms with E-state index < -0.39 is 23.5 Å². The Morgan fingerprint density at radius 2 is 1.55 bits per heavy atom. The summed E-state index contributed by atoms with van der Waals surface area (Å²) in [7, 11) is 0. The molecule has 2 rings (SSSR count). The molecular formula is C14H11F4NS. The lowest BCUT2D eigenvalue weighted by Crippen LogP contribution is -2.16. The van der Waals surface area contributed by atoms with E-state index >= 15 is 0 Å². The van der Waals surface area contributed by atoms with E-state index in [1.165, 1.54) is 23.9 Å². The number of thioether (sulfide) groups is 1. The maximum Gasteiger partial charge on any atom is 0.194 e. The minimum absolute atomic E-state index is 0.0847. The van der Waals surface area contributed by atoms with E-state index in [-0.39, 0.29) is 17.1 Å². The van der Waals surface area contributed by atoms with Crippen LogP contribution in [0.15, 0.2) is 41.3 Å². The molecule has 0 fully saturated rings. The van der Waals surface area contributed by atoms with Gasteiger partial charge in [0.15, 0.2) is 17.5 Å². The van der Waals surface area contributed by atoms with Gasteiger partial charge >= 0.3 is 0 Å². The summed E-state index contributed by atoms with van der Waals surface area (Å²) >= 11 is 1.28. The van der Waals surface area contributed by atoms with Gasteiger partial charge in [-0.05, 0) is 30.3 Å². The van der Waals surface area contributed by atoms with Gasteiger partial charge < -0.3 is 5.73 Å². The van der Waals surface area contributed by atoms with Crippen LogP contribution in [0, 0.1) is 23.3 Å². The minimum Gasteiger partial charge on any atom is -0.323 e. The van der Waals surface area contributed by atoms with Gasteiger partial charge in [-0.3, -0.25) is 0 Å². The smallest absolute Gasteiger partial charge is 0.194 e.